The van der Waals surface area contributed by atoms with Crippen molar-refractivity contribution in [2.45, 2.75) is 83.2 Å². The highest BCUT2D eigenvalue weighted by molar-refractivity contribution is 5.78. The molecule has 0 aromatic rings. The standard InChI is InChI=1S/C17H32O3/c1-2-3-4-5-6-7-8-9-10-11-12-13-16(19)14-17(20)15-18/h2,17-18,20H,1,3-15H2/t17-/m1/s1. The Labute approximate surface area is 124 Å². The van der Waals surface area contributed by atoms with Crippen LogP contribution >= 0.6 is 0 Å². The molecule has 0 saturated heterocycles. The van der Waals surface area contributed by atoms with E-state index in [1.165, 1.54) is 44.9 Å². The molecule has 3 nitrogen and oxygen atoms in total. The highest BCUT2D eigenvalue weighted by atomic mass is 16.3. The molecule has 0 spiro atoms. The van der Waals surface area contributed by atoms with Crippen molar-refractivity contribution >= 4 is 5.78 Å². The number of aliphatic hydroxyl groups excluding tert-OH is 2. The summed E-state index contributed by atoms with van der Waals surface area (Å²) < 4.78 is 0. The molecule has 0 heterocycles. The third-order valence-corrected chi connectivity index (χ3v) is 3.54. The molecule has 0 aliphatic carbocycles. The number of allylic oxidation sites excluding steroid dienone is 1. The largest absolute Gasteiger partial charge is 0.394 e. The second-order valence-corrected chi connectivity index (χ2v) is 5.59. The van der Waals surface area contributed by atoms with Crippen LogP contribution in [0.25, 0.3) is 0 Å². The first-order valence-electron chi connectivity index (χ1n) is 8.12. The number of aliphatic hydroxyl groups is 2. The maximum absolute atomic E-state index is 11.4. The number of unbranched alkanes of at least 4 members (excludes halogenated alkanes) is 9. The molecule has 0 radical (unpaired) electrons. The minimum Gasteiger partial charge on any atom is -0.394 e. The molecule has 118 valence electrons. The lowest BCUT2D eigenvalue weighted by Gasteiger charge is -2.05. The fourth-order valence-electron chi connectivity index (χ4n) is 2.28. The van der Waals surface area contributed by atoms with Gasteiger partial charge in [0, 0.05) is 12.8 Å². The quantitative estimate of drug-likeness (QED) is 0.355. The van der Waals surface area contributed by atoms with Crippen LogP contribution in [0.5, 0.6) is 0 Å². The molecule has 0 amide bonds. The summed E-state index contributed by atoms with van der Waals surface area (Å²) in [5.41, 5.74) is 0. The van der Waals surface area contributed by atoms with Crippen molar-refractivity contribution in [2.75, 3.05) is 6.61 Å². The van der Waals surface area contributed by atoms with Gasteiger partial charge in [0.2, 0.25) is 0 Å². The van der Waals surface area contributed by atoms with Crippen LogP contribution in [0.3, 0.4) is 0 Å². The van der Waals surface area contributed by atoms with Gasteiger partial charge in [0.1, 0.15) is 5.78 Å². The third kappa shape index (κ3) is 13.8. The van der Waals surface area contributed by atoms with Crippen LogP contribution in [0.15, 0.2) is 12.7 Å². The molecule has 3 heteroatoms. The highest BCUT2D eigenvalue weighted by Gasteiger charge is 2.08. The van der Waals surface area contributed by atoms with E-state index in [2.05, 4.69) is 6.58 Å². The molecule has 0 aromatic heterocycles. The van der Waals surface area contributed by atoms with Crippen LogP contribution in [-0.2, 0) is 4.79 Å². The zero-order valence-electron chi connectivity index (χ0n) is 12.9. The summed E-state index contributed by atoms with van der Waals surface area (Å²) in [7, 11) is 0. The second kappa shape index (κ2) is 14.7. The van der Waals surface area contributed by atoms with Gasteiger partial charge in [-0.2, -0.15) is 0 Å². The molecule has 0 aliphatic rings. The van der Waals surface area contributed by atoms with Gasteiger partial charge in [-0.1, -0.05) is 51.0 Å². The number of ketones is 1. The summed E-state index contributed by atoms with van der Waals surface area (Å²) in [5, 5.41) is 17.8. The van der Waals surface area contributed by atoms with Crippen molar-refractivity contribution < 1.29 is 15.0 Å². The predicted octanol–water partition coefficient (Wildman–Crippen LogP) is 3.78. The van der Waals surface area contributed by atoms with Crippen molar-refractivity contribution in [1.29, 1.82) is 0 Å². The first-order valence-corrected chi connectivity index (χ1v) is 8.12. The minimum absolute atomic E-state index is 0.0637. The number of rotatable bonds is 15. The summed E-state index contributed by atoms with van der Waals surface area (Å²) in [4.78, 5) is 11.4. The van der Waals surface area contributed by atoms with Gasteiger partial charge in [-0.25, -0.2) is 0 Å². The van der Waals surface area contributed by atoms with Gasteiger partial charge in [0.05, 0.1) is 12.7 Å². The number of Topliss-reactive ketones (excluding diaryl/α,β-unsaturated/α-hetero) is 1. The topological polar surface area (TPSA) is 57.5 Å². The van der Waals surface area contributed by atoms with E-state index in [-0.39, 0.29) is 18.8 Å². The van der Waals surface area contributed by atoms with Gasteiger partial charge in [-0.3, -0.25) is 4.79 Å². The Bertz CT molecular complexity index is 238. The molecule has 2 N–H and O–H groups in total. The summed E-state index contributed by atoms with van der Waals surface area (Å²) in [6, 6.07) is 0. The van der Waals surface area contributed by atoms with E-state index in [9.17, 15) is 4.79 Å². The zero-order valence-corrected chi connectivity index (χ0v) is 12.9. The van der Waals surface area contributed by atoms with E-state index in [0.29, 0.717) is 6.42 Å². The van der Waals surface area contributed by atoms with Gasteiger partial charge in [-0.15, -0.1) is 6.58 Å². The Kier molecular flexibility index (Phi) is 14.2. The molecule has 20 heavy (non-hydrogen) atoms. The van der Waals surface area contributed by atoms with Gasteiger partial charge >= 0.3 is 0 Å². The van der Waals surface area contributed by atoms with E-state index >= 15 is 0 Å². The molecular formula is C17H32O3. The average Bonchev–Trinajstić information content (AvgIpc) is 2.44. The normalized spacial score (nSPS) is 12.3. The summed E-state index contributed by atoms with van der Waals surface area (Å²) in [5.74, 6) is 0.0637. The van der Waals surface area contributed by atoms with Crippen LogP contribution in [0, 0.1) is 0 Å². The first kappa shape index (κ1) is 19.3. The van der Waals surface area contributed by atoms with Crippen molar-refractivity contribution in [3.63, 3.8) is 0 Å². The maximum Gasteiger partial charge on any atom is 0.135 e. The zero-order chi connectivity index (χ0) is 15.1. The van der Waals surface area contributed by atoms with E-state index in [1.54, 1.807) is 0 Å². The van der Waals surface area contributed by atoms with E-state index in [4.69, 9.17) is 10.2 Å². The number of hydrogen-bond acceptors (Lipinski definition) is 3. The predicted molar refractivity (Wildman–Crippen MR) is 83.7 cm³/mol. The van der Waals surface area contributed by atoms with Crippen molar-refractivity contribution in [3.05, 3.63) is 12.7 Å². The summed E-state index contributed by atoms with van der Waals surface area (Å²) in [6.07, 6.45) is 13.9. The van der Waals surface area contributed by atoms with Crippen LogP contribution in [-0.4, -0.2) is 28.7 Å². The Morgan fingerprint density at radius 3 is 1.95 bits per heavy atom. The SMILES string of the molecule is C=CCCCCCCCCCCCC(=O)C[C@@H](O)CO. The monoisotopic (exact) mass is 284 g/mol. The molecule has 0 aliphatic heterocycles. The van der Waals surface area contributed by atoms with Crippen LogP contribution in [0.4, 0.5) is 0 Å². The average molecular weight is 284 g/mol. The molecule has 0 bridgehead atoms. The number of carbonyl (C=O) groups excluding carboxylic acids is 1. The third-order valence-electron chi connectivity index (χ3n) is 3.54. The first-order chi connectivity index (χ1) is 9.70. The van der Waals surface area contributed by atoms with Crippen molar-refractivity contribution in [3.8, 4) is 0 Å². The van der Waals surface area contributed by atoms with E-state index in [0.717, 1.165) is 19.3 Å². The molecule has 0 unspecified atom stereocenters. The van der Waals surface area contributed by atoms with Crippen LogP contribution in [0.2, 0.25) is 0 Å². The molecule has 0 rings (SSSR count). The molecule has 0 aromatic carbocycles. The van der Waals surface area contributed by atoms with Crippen molar-refractivity contribution in [2.24, 2.45) is 0 Å². The van der Waals surface area contributed by atoms with Gasteiger partial charge in [-0.05, 0) is 19.3 Å². The Morgan fingerprint density at radius 1 is 0.950 bits per heavy atom. The van der Waals surface area contributed by atoms with Crippen LogP contribution in [0.1, 0.15) is 77.0 Å². The van der Waals surface area contributed by atoms with Crippen molar-refractivity contribution in [1.82, 2.24) is 0 Å². The summed E-state index contributed by atoms with van der Waals surface area (Å²) >= 11 is 0. The number of hydrogen-bond donors (Lipinski definition) is 2. The molecule has 0 saturated carbocycles. The second-order valence-electron chi connectivity index (χ2n) is 5.59. The Balaban J connectivity index is 3.16. The van der Waals surface area contributed by atoms with Gasteiger partial charge in [0.25, 0.3) is 0 Å². The van der Waals surface area contributed by atoms with E-state index in [1.807, 2.05) is 6.08 Å². The van der Waals surface area contributed by atoms with Gasteiger partial charge < -0.3 is 10.2 Å². The fraction of sp³-hybridized carbons (Fsp3) is 0.824. The molecular weight excluding hydrogens is 252 g/mol. The lowest BCUT2D eigenvalue weighted by atomic mass is 10.0. The molecule has 1 atom stereocenters. The summed E-state index contributed by atoms with van der Waals surface area (Å²) in [6.45, 7) is 3.40. The Hall–Kier alpha value is -0.670. The molecule has 0 fully saturated rings. The lowest BCUT2D eigenvalue weighted by Crippen LogP contribution is -2.17. The van der Waals surface area contributed by atoms with Gasteiger partial charge in [0.15, 0.2) is 0 Å². The maximum atomic E-state index is 11.4. The highest BCUT2D eigenvalue weighted by Crippen LogP contribution is 2.12. The van der Waals surface area contributed by atoms with E-state index < -0.39 is 6.10 Å². The Morgan fingerprint density at radius 2 is 1.45 bits per heavy atom. The number of carbonyl (C=O) groups is 1. The van der Waals surface area contributed by atoms with Crippen LogP contribution < -0.4 is 0 Å². The fourth-order valence-corrected chi connectivity index (χ4v) is 2.28. The minimum atomic E-state index is -0.872. The smallest absolute Gasteiger partial charge is 0.135 e. The lowest BCUT2D eigenvalue weighted by molar-refractivity contribution is -0.121.